The lowest BCUT2D eigenvalue weighted by molar-refractivity contribution is 0.0943. The van der Waals surface area contributed by atoms with Crippen LogP contribution in [-0.2, 0) is 4.74 Å². The molecule has 2 N–H and O–H groups in total. The number of anilines is 1. The van der Waals surface area contributed by atoms with E-state index in [0.29, 0.717) is 11.6 Å². The zero-order chi connectivity index (χ0) is 14.4. The van der Waals surface area contributed by atoms with Crippen molar-refractivity contribution < 1.29 is 9.53 Å². The van der Waals surface area contributed by atoms with E-state index in [1.165, 1.54) is 0 Å². The summed E-state index contributed by atoms with van der Waals surface area (Å²) in [5.74, 6) is -0.0205. The maximum Gasteiger partial charge on any atom is 0.251 e. The molecule has 1 atom stereocenters. The third kappa shape index (κ3) is 4.53. The van der Waals surface area contributed by atoms with Gasteiger partial charge in [0.25, 0.3) is 5.91 Å². The zero-order valence-electron chi connectivity index (χ0n) is 12.3. The Bertz CT molecular complexity index is 438. The molecular formula is C16H24N2O2. The van der Waals surface area contributed by atoms with Gasteiger partial charge < -0.3 is 15.4 Å². The maximum absolute atomic E-state index is 12.0. The van der Waals surface area contributed by atoms with Crippen LogP contribution in [0.4, 0.5) is 5.69 Å². The number of carbonyl (C=O) groups is 1. The molecule has 4 nitrogen and oxygen atoms in total. The average molecular weight is 276 g/mol. The second-order valence-electron chi connectivity index (χ2n) is 5.59. The molecule has 1 aromatic carbocycles. The number of amides is 1. The summed E-state index contributed by atoms with van der Waals surface area (Å²) < 4.78 is 5.46. The quantitative estimate of drug-likeness (QED) is 0.889. The second kappa shape index (κ2) is 7.29. The Kier molecular flexibility index (Phi) is 5.41. The molecule has 0 bridgehead atoms. The molecule has 1 aliphatic heterocycles. The smallest absolute Gasteiger partial charge is 0.251 e. The number of ether oxygens (including phenoxy) is 1. The highest BCUT2D eigenvalue weighted by Gasteiger charge is 2.13. The van der Waals surface area contributed by atoms with Crippen molar-refractivity contribution in [1.29, 1.82) is 0 Å². The van der Waals surface area contributed by atoms with E-state index in [1.807, 2.05) is 38.1 Å². The van der Waals surface area contributed by atoms with Crippen molar-refractivity contribution in [1.82, 2.24) is 5.32 Å². The summed E-state index contributed by atoms with van der Waals surface area (Å²) in [5.41, 5.74) is 1.71. The molecule has 2 rings (SSSR count). The summed E-state index contributed by atoms with van der Waals surface area (Å²) in [5, 5.41) is 6.42. The van der Waals surface area contributed by atoms with Gasteiger partial charge in [-0.2, -0.15) is 0 Å². The van der Waals surface area contributed by atoms with Crippen LogP contribution in [0.2, 0.25) is 0 Å². The van der Waals surface area contributed by atoms with Gasteiger partial charge in [0.05, 0.1) is 0 Å². The van der Waals surface area contributed by atoms with Crippen molar-refractivity contribution in [2.24, 2.45) is 0 Å². The fraction of sp³-hybridized carbons (Fsp3) is 0.562. The van der Waals surface area contributed by atoms with Gasteiger partial charge in [0.15, 0.2) is 0 Å². The van der Waals surface area contributed by atoms with Gasteiger partial charge in [-0.3, -0.25) is 4.79 Å². The van der Waals surface area contributed by atoms with Crippen LogP contribution in [0, 0.1) is 0 Å². The minimum atomic E-state index is -0.0205. The fourth-order valence-corrected chi connectivity index (χ4v) is 2.38. The first kappa shape index (κ1) is 14.9. The van der Waals surface area contributed by atoms with Crippen molar-refractivity contribution in [3.05, 3.63) is 29.8 Å². The molecule has 1 fully saturated rings. The molecule has 1 amide bonds. The Morgan fingerprint density at radius 1 is 1.30 bits per heavy atom. The van der Waals surface area contributed by atoms with Crippen LogP contribution in [-0.4, -0.2) is 31.2 Å². The molecule has 0 saturated carbocycles. The number of hydrogen-bond acceptors (Lipinski definition) is 3. The second-order valence-corrected chi connectivity index (χ2v) is 5.59. The number of rotatable bonds is 4. The lowest BCUT2D eigenvalue weighted by atomic mass is 10.1. The molecule has 1 aromatic rings. The van der Waals surface area contributed by atoms with Crippen molar-refractivity contribution in [3.63, 3.8) is 0 Å². The van der Waals surface area contributed by atoms with Crippen LogP contribution in [0.1, 0.15) is 43.5 Å². The summed E-state index contributed by atoms with van der Waals surface area (Å²) >= 11 is 0. The largest absolute Gasteiger partial charge is 0.382 e. The highest BCUT2D eigenvalue weighted by molar-refractivity contribution is 5.95. The maximum atomic E-state index is 12.0. The van der Waals surface area contributed by atoms with E-state index in [9.17, 15) is 4.79 Å². The van der Waals surface area contributed by atoms with Gasteiger partial charge in [-0.05, 0) is 51.3 Å². The van der Waals surface area contributed by atoms with Gasteiger partial charge in [-0.25, -0.2) is 0 Å². The predicted octanol–water partition coefficient (Wildman–Crippen LogP) is 2.81. The number of nitrogens with one attached hydrogen (secondary N) is 2. The van der Waals surface area contributed by atoms with E-state index < -0.39 is 0 Å². The van der Waals surface area contributed by atoms with E-state index in [1.54, 1.807) is 0 Å². The summed E-state index contributed by atoms with van der Waals surface area (Å²) in [6, 6.07) is 8.28. The summed E-state index contributed by atoms with van der Waals surface area (Å²) in [6.07, 6.45) is 3.22. The van der Waals surface area contributed by atoms with E-state index in [2.05, 4.69) is 10.6 Å². The summed E-state index contributed by atoms with van der Waals surface area (Å²) in [4.78, 5) is 12.0. The zero-order valence-corrected chi connectivity index (χ0v) is 12.3. The SMILES string of the molecule is CC(C)NC(=O)c1cccc(NC2CCCOCC2)c1. The van der Waals surface area contributed by atoms with E-state index in [0.717, 1.165) is 38.2 Å². The molecule has 20 heavy (non-hydrogen) atoms. The van der Waals surface area contributed by atoms with Crippen molar-refractivity contribution in [2.45, 2.75) is 45.2 Å². The van der Waals surface area contributed by atoms with E-state index in [4.69, 9.17) is 4.74 Å². The van der Waals surface area contributed by atoms with Gasteiger partial charge >= 0.3 is 0 Å². The third-order valence-electron chi connectivity index (χ3n) is 3.37. The molecule has 1 unspecified atom stereocenters. The van der Waals surface area contributed by atoms with E-state index >= 15 is 0 Å². The number of benzene rings is 1. The van der Waals surface area contributed by atoms with Gasteiger partial charge in [-0.1, -0.05) is 6.07 Å². The highest BCUT2D eigenvalue weighted by Crippen LogP contribution is 2.17. The first-order valence-electron chi connectivity index (χ1n) is 7.40. The summed E-state index contributed by atoms with van der Waals surface area (Å²) in [7, 11) is 0. The highest BCUT2D eigenvalue weighted by atomic mass is 16.5. The molecule has 1 aliphatic rings. The van der Waals surface area contributed by atoms with Crippen LogP contribution in [0.5, 0.6) is 0 Å². The molecule has 0 aliphatic carbocycles. The Labute approximate surface area is 120 Å². The van der Waals surface area contributed by atoms with E-state index in [-0.39, 0.29) is 11.9 Å². The Morgan fingerprint density at radius 2 is 2.15 bits per heavy atom. The van der Waals surface area contributed by atoms with Gasteiger partial charge in [0.2, 0.25) is 0 Å². The first-order valence-corrected chi connectivity index (χ1v) is 7.40. The molecule has 1 saturated heterocycles. The normalized spacial score (nSPS) is 19.4. The number of carbonyl (C=O) groups excluding carboxylic acids is 1. The van der Waals surface area contributed by atoms with Gasteiger partial charge in [-0.15, -0.1) is 0 Å². The lowest BCUT2D eigenvalue weighted by Gasteiger charge is -2.17. The Balaban J connectivity index is 1.99. The van der Waals surface area contributed by atoms with Crippen molar-refractivity contribution in [3.8, 4) is 0 Å². The lowest BCUT2D eigenvalue weighted by Crippen LogP contribution is -2.30. The Hall–Kier alpha value is -1.55. The molecule has 0 spiro atoms. The van der Waals surface area contributed by atoms with Crippen LogP contribution < -0.4 is 10.6 Å². The number of hydrogen-bond donors (Lipinski definition) is 2. The Morgan fingerprint density at radius 3 is 2.95 bits per heavy atom. The fourth-order valence-electron chi connectivity index (χ4n) is 2.38. The standard InChI is InChI=1S/C16H24N2O2/c1-12(2)17-16(19)13-5-3-6-15(11-13)18-14-7-4-9-20-10-8-14/h3,5-6,11-12,14,18H,4,7-10H2,1-2H3,(H,17,19). The topological polar surface area (TPSA) is 50.4 Å². The van der Waals surface area contributed by atoms with Crippen LogP contribution >= 0.6 is 0 Å². The third-order valence-corrected chi connectivity index (χ3v) is 3.37. The monoisotopic (exact) mass is 276 g/mol. The van der Waals surface area contributed by atoms with Gasteiger partial charge in [0, 0.05) is 36.5 Å². The molecule has 1 heterocycles. The minimum absolute atomic E-state index is 0.0205. The summed E-state index contributed by atoms with van der Waals surface area (Å²) in [6.45, 7) is 5.59. The van der Waals surface area contributed by atoms with Crippen LogP contribution in [0.25, 0.3) is 0 Å². The first-order chi connectivity index (χ1) is 9.65. The molecule has 110 valence electrons. The van der Waals surface area contributed by atoms with Gasteiger partial charge in [0.1, 0.15) is 0 Å². The predicted molar refractivity (Wildman–Crippen MR) is 81.1 cm³/mol. The molecule has 0 radical (unpaired) electrons. The van der Waals surface area contributed by atoms with Crippen molar-refractivity contribution >= 4 is 11.6 Å². The van der Waals surface area contributed by atoms with Crippen molar-refractivity contribution in [2.75, 3.05) is 18.5 Å². The molecular weight excluding hydrogens is 252 g/mol. The minimum Gasteiger partial charge on any atom is -0.382 e. The molecule has 0 aromatic heterocycles. The average Bonchev–Trinajstić information content (AvgIpc) is 2.67. The van der Waals surface area contributed by atoms with Crippen LogP contribution in [0.15, 0.2) is 24.3 Å². The molecule has 4 heteroatoms. The van der Waals surface area contributed by atoms with Crippen LogP contribution in [0.3, 0.4) is 0 Å².